The number of fused-ring (bicyclic) bond motifs is 1. The number of hydrogen-bond acceptors (Lipinski definition) is 7. The van der Waals surface area contributed by atoms with Crippen LogP contribution < -0.4 is 5.32 Å². The fourth-order valence-corrected chi connectivity index (χ4v) is 4.16. The van der Waals surface area contributed by atoms with E-state index in [2.05, 4.69) is 22.3 Å². The van der Waals surface area contributed by atoms with E-state index in [9.17, 15) is 24.5 Å². The molecule has 0 radical (unpaired) electrons. The largest absolute Gasteiger partial charge is 0.374 e. The van der Waals surface area contributed by atoms with E-state index < -0.39 is 34.4 Å². The molecule has 33 heavy (non-hydrogen) atoms. The number of rotatable bonds is 7. The third-order valence-electron chi connectivity index (χ3n) is 5.86. The summed E-state index contributed by atoms with van der Waals surface area (Å²) in [5, 5.41) is 14.0. The summed E-state index contributed by atoms with van der Waals surface area (Å²) in [7, 11) is 0. The van der Waals surface area contributed by atoms with Gasteiger partial charge in [0.1, 0.15) is 11.6 Å². The number of nitrogens with zero attached hydrogens (tertiary/aromatic N) is 3. The van der Waals surface area contributed by atoms with Gasteiger partial charge in [-0.15, -0.1) is 0 Å². The molecule has 2 atom stereocenters. The van der Waals surface area contributed by atoms with Crippen LogP contribution in [0.2, 0.25) is 0 Å². The molecule has 2 aliphatic heterocycles. The molecule has 1 fully saturated rings. The Morgan fingerprint density at radius 1 is 1.18 bits per heavy atom. The Bertz CT molecular complexity index is 1090. The standard InChI is InChI=1S/C23H24N4O6/c1-15(26-22(29)18-8-5-9-19(27(31)32)20(18)23(26)30)21(28)24-12-17-14-25(10-11-33-17)13-16-6-3-2-4-7-16/h2-9,15,17H,10-14H2,1H3,(H,24,28). The number of carbonyl (C=O) groups excluding carboxylic acids is 3. The normalized spacial score (nSPS) is 19.3. The minimum Gasteiger partial charge on any atom is -0.374 e. The maximum Gasteiger partial charge on any atom is 0.282 e. The molecule has 3 amide bonds. The highest BCUT2D eigenvalue weighted by atomic mass is 16.6. The molecule has 1 N–H and O–H groups in total. The highest BCUT2D eigenvalue weighted by Crippen LogP contribution is 2.31. The molecule has 172 valence electrons. The van der Waals surface area contributed by atoms with Crippen LogP contribution in [-0.4, -0.2) is 70.8 Å². The predicted molar refractivity (Wildman–Crippen MR) is 118 cm³/mol. The van der Waals surface area contributed by atoms with Gasteiger partial charge in [-0.25, -0.2) is 0 Å². The molecule has 10 heteroatoms. The van der Waals surface area contributed by atoms with Crippen LogP contribution in [0.1, 0.15) is 33.2 Å². The van der Waals surface area contributed by atoms with Crippen LogP contribution in [0, 0.1) is 10.1 Å². The molecule has 2 unspecified atom stereocenters. The number of nitrogens with one attached hydrogen (secondary N) is 1. The fourth-order valence-electron chi connectivity index (χ4n) is 4.16. The molecule has 2 heterocycles. The molecule has 2 aromatic carbocycles. The van der Waals surface area contributed by atoms with Gasteiger partial charge in [0, 0.05) is 32.2 Å². The third-order valence-corrected chi connectivity index (χ3v) is 5.86. The highest BCUT2D eigenvalue weighted by Gasteiger charge is 2.44. The SMILES string of the molecule is CC(C(=O)NCC1CN(Cc2ccccc2)CCO1)N1C(=O)c2cccc([N+](=O)[O-])c2C1=O. The molecule has 4 rings (SSSR count). The highest BCUT2D eigenvalue weighted by molar-refractivity contribution is 6.24. The van der Waals surface area contributed by atoms with Crippen molar-refractivity contribution in [2.24, 2.45) is 0 Å². The van der Waals surface area contributed by atoms with Crippen molar-refractivity contribution in [3.05, 3.63) is 75.3 Å². The summed E-state index contributed by atoms with van der Waals surface area (Å²) in [6.07, 6.45) is -0.234. The van der Waals surface area contributed by atoms with Crippen molar-refractivity contribution in [3.63, 3.8) is 0 Å². The number of hydrogen-bond donors (Lipinski definition) is 1. The van der Waals surface area contributed by atoms with E-state index in [0.717, 1.165) is 18.0 Å². The van der Waals surface area contributed by atoms with Crippen LogP contribution in [0.4, 0.5) is 5.69 Å². The lowest BCUT2D eigenvalue weighted by Gasteiger charge is -2.33. The Kier molecular flexibility index (Phi) is 6.47. The van der Waals surface area contributed by atoms with Gasteiger partial charge in [-0.2, -0.15) is 0 Å². The lowest BCUT2D eigenvalue weighted by atomic mass is 10.1. The minimum atomic E-state index is -1.12. The molecule has 2 aliphatic rings. The molecule has 0 saturated carbocycles. The van der Waals surface area contributed by atoms with Gasteiger partial charge in [-0.1, -0.05) is 36.4 Å². The maximum absolute atomic E-state index is 12.8. The number of benzene rings is 2. The lowest BCUT2D eigenvalue weighted by Crippen LogP contribution is -2.52. The van der Waals surface area contributed by atoms with Gasteiger partial charge in [0.15, 0.2) is 0 Å². The fraction of sp³-hybridized carbons (Fsp3) is 0.348. The number of ether oxygens (including phenoxy) is 1. The van der Waals surface area contributed by atoms with Crippen molar-refractivity contribution in [1.82, 2.24) is 15.1 Å². The van der Waals surface area contributed by atoms with Crippen molar-refractivity contribution in [2.75, 3.05) is 26.2 Å². The van der Waals surface area contributed by atoms with Gasteiger partial charge in [-0.05, 0) is 18.6 Å². The molecule has 1 saturated heterocycles. The quantitative estimate of drug-likeness (QED) is 0.385. The molecular formula is C23H24N4O6. The monoisotopic (exact) mass is 452 g/mol. The summed E-state index contributed by atoms with van der Waals surface area (Å²) in [5.74, 6) is -2.09. The van der Waals surface area contributed by atoms with Crippen LogP contribution in [0.25, 0.3) is 0 Å². The van der Waals surface area contributed by atoms with Crippen LogP contribution in [0.15, 0.2) is 48.5 Å². The minimum absolute atomic E-state index is 0.0685. The van der Waals surface area contributed by atoms with Crippen LogP contribution >= 0.6 is 0 Å². The average Bonchev–Trinajstić information content (AvgIpc) is 3.08. The van der Waals surface area contributed by atoms with E-state index in [1.807, 2.05) is 18.2 Å². The second-order valence-electron chi connectivity index (χ2n) is 8.07. The zero-order valence-electron chi connectivity index (χ0n) is 18.1. The van der Waals surface area contributed by atoms with E-state index in [4.69, 9.17) is 4.74 Å². The molecule has 0 aromatic heterocycles. The first kappa shape index (κ1) is 22.6. The smallest absolute Gasteiger partial charge is 0.282 e. The summed E-state index contributed by atoms with van der Waals surface area (Å²) in [5.41, 5.74) is 0.394. The summed E-state index contributed by atoms with van der Waals surface area (Å²) < 4.78 is 5.76. The molecule has 10 nitrogen and oxygen atoms in total. The number of nitro benzene ring substituents is 1. The summed E-state index contributed by atoms with van der Waals surface area (Å²) in [4.78, 5) is 51.8. The third kappa shape index (κ3) is 4.62. The van der Waals surface area contributed by atoms with E-state index in [-0.39, 0.29) is 23.8 Å². The van der Waals surface area contributed by atoms with Crippen molar-refractivity contribution in [2.45, 2.75) is 25.6 Å². The Hall–Kier alpha value is -3.63. The van der Waals surface area contributed by atoms with Crippen molar-refractivity contribution in [3.8, 4) is 0 Å². The summed E-state index contributed by atoms with van der Waals surface area (Å²) >= 11 is 0. The number of imide groups is 1. The number of carbonyl (C=O) groups is 3. The topological polar surface area (TPSA) is 122 Å². The van der Waals surface area contributed by atoms with E-state index in [1.54, 1.807) is 0 Å². The van der Waals surface area contributed by atoms with Gasteiger partial charge >= 0.3 is 0 Å². The predicted octanol–water partition coefficient (Wildman–Crippen LogP) is 1.60. The molecular weight excluding hydrogens is 428 g/mol. The summed E-state index contributed by atoms with van der Waals surface area (Å²) in [6.45, 7) is 4.36. The molecule has 0 spiro atoms. The average molecular weight is 452 g/mol. The molecule has 2 aromatic rings. The van der Waals surface area contributed by atoms with Gasteiger partial charge < -0.3 is 10.1 Å². The first-order valence-corrected chi connectivity index (χ1v) is 10.7. The van der Waals surface area contributed by atoms with E-state index in [0.29, 0.717) is 13.2 Å². The van der Waals surface area contributed by atoms with E-state index >= 15 is 0 Å². The van der Waals surface area contributed by atoms with Crippen LogP contribution in [0.5, 0.6) is 0 Å². The van der Waals surface area contributed by atoms with Gasteiger partial charge in [0.2, 0.25) is 5.91 Å². The first-order valence-electron chi connectivity index (χ1n) is 10.7. The van der Waals surface area contributed by atoms with Crippen molar-refractivity contribution in [1.29, 1.82) is 0 Å². The zero-order valence-corrected chi connectivity index (χ0v) is 18.1. The second kappa shape index (κ2) is 9.47. The Morgan fingerprint density at radius 2 is 1.94 bits per heavy atom. The van der Waals surface area contributed by atoms with E-state index in [1.165, 1.54) is 30.7 Å². The number of nitro groups is 1. The second-order valence-corrected chi connectivity index (χ2v) is 8.07. The van der Waals surface area contributed by atoms with Crippen LogP contribution in [0.3, 0.4) is 0 Å². The van der Waals surface area contributed by atoms with Crippen molar-refractivity contribution < 1.29 is 24.0 Å². The first-order chi connectivity index (χ1) is 15.9. The number of morpholine rings is 1. The Balaban J connectivity index is 1.36. The Morgan fingerprint density at radius 3 is 2.67 bits per heavy atom. The number of amides is 3. The molecule has 0 bridgehead atoms. The van der Waals surface area contributed by atoms with Gasteiger partial charge in [-0.3, -0.25) is 34.3 Å². The van der Waals surface area contributed by atoms with Crippen LogP contribution in [-0.2, 0) is 16.1 Å². The van der Waals surface area contributed by atoms with Gasteiger partial charge in [0.25, 0.3) is 17.5 Å². The summed E-state index contributed by atoms with van der Waals surface area (Å²) in [6, 6.07) is 12.8. The zero-order chi connectivity index (χ0) is 23.5. The van der Waals surface area contributed by atoms with Gasteiger partial charge in [0.05, 0.1) is 23.2 Å². The van der Waals surface area contributed by atoms with Crippen molar-refractivity contribution >= 4 is 23.4 Å². The molecule has 0 aliphatic carbocycles. The maximum atomic E-state index is 12.8. The Labute approximate surface area is 190 Å². The lowest BCUT2D eigenvalue weighted by molar-refractivity contribution is -0.385.